The van der Waals surface area contributed by atoms with Crippen molar-refractivity contribution in [2.24, 2.45) is 0 Å². The predicted molar refractivity (Wildman–Crippen MR) is 172 cm³/mol. The number of hydrogen-bond acceptors (Lipinski definition) is 4. The van der Waals surface area contributed by atoms with Crippen LogP contribution in [0.25, 0.3) is 16.6 Å². The number of urea groups is 1. The van der Waals surface area contributed by atoms with E-state index < -0.39 is 6.04 Å². The topological polar surface area (TPSA) is 70.5 Å². The lowest BCUT2D eigenvalue weighted by Crippen LogP contribution is -2.43. The molecule has 4 rings (SSSR count). The molecular weight excluding hydrogens is 578 g/mol. The molecule has 0 saturated carbocycles. The number of carbonyl (C=O) groups is 1. The van der Waals surface area contributed by atoms with Crippen molar-refractivity contribution in [1.29, 1.82) is 0 Å². The SMILES string of the molecule is CC(C)c1cccc(C(C)C)c1NC(=O)N(CCN(C)C)C(C)c1nc2ccccc2c(=O)n1-c1ccc(Br)cc1. The predicted octanol–water partition coefficient (Wildman–Crippen LogP) is 7.55. The minimum Gasteiger partial charge on any atom is -0.313 e. The number of halogens is 1. The highest BCUT2D eigenvalue weighted by molar-refractivity contribution is 9.10. The summed E-state index contributed by atoms with van der Waals surface area (Å²) in [5.41, 5.74) is 4.19. The van der Waals surface area contributed by atoms with Crippen molar-refractivity contribution < 1.29 is 4.79 Å². The standard InChI is InChI=1S/C33H40BrN5O2/c1-21(2)26-12-10-13-27(22(3)4)30(26)36-33(41)38(20-19-37(6)7)23(5)31-35-29-14-9-8-11-28(29)32(40)39(31)25-17-15-24(34)16-18-25/h8-18,21-23H,19-20H2,1-7H3,(H,36,41). The number of nitrogens with zero attached hydrogens (tertiary/aromatic N) is 4. The molecule has 0 aliphatic heterocycles. The maximum atomic E-state index is 14.2. The molecule has 0 fully saturated rings. The van der Waals surface area contributed by atoms with Gasteiger partial charge in [0.25, 0.3) is 5.56 Å². The van der Waals surface area contributed by atoms with Gasteiger partial charge in [0.2, 0.25) is 0 Å². The summed E-state index contributed by atoms with van der Waals surface area (Å²) in [6.07, 6.45) is 0. The Kier molecular flexibility index (Phi) is 9.66. The number of rotatable bonds is 9. The number of amides is 2. The third kappa shape index (κ3) is 6.71. The molecule has 0 spiro atoms. The highest BCUT2D eigenvalue weighted by Gasteiger charge is 2.28. The number of fused-ring (bicyclic) bond motifs is 1. The van der Waals surface area contributed by atoms with Crippen LogP contribution in [0.15, 0.2) is 76.0 Å². The van der Waals surface area contributed by atoms with E-state index in [0.717, 1.165) is 21.3 Å². The number of carbonyl (C=O) groups excluding carboxylic acids is 1. The Morgan fingerprint density at radius 3 is 2.07 bits per heavy atom. The molecule has 4 aromatic rings. The van der Waals surface area contributed by atoms with Crippen molar-refractivity contribution in [3.63, 3.8) is 0 Å². The smallest absolute Gasteiger partial charge is 0.313 e. The van der Waals surface area contributed by atoms with Crippen LogP contribution in [0.5, 0.6) is 0 Å². The van der Waals surface area contributed by atoms with E-state index in [0.29, 0.717) is 35.5 Å². The van der Waals surface area contributed by atoms with Gasteiger partial charge in [-0.3, -0.25) is 9.36 Å². The van der Waals surface area contributed by atoms with Gasteiger partial charge < -0.3 is 15.1 Å². The lowest BCUT2D eigenvalue weighted by atomic mass is 9.92. The molecule has 0 aliphatic carbocycles. The van der Waals surface area contributed by atoms with Crippen molar-refractivity contribution in [2.45, 2.75) is 52.5 Å². The van der Waals surface area contributed by atoms with E-state index in [9.17, 15) is 9.59 Å². The molecule has 8 heteroatoms. The fourth-order valence-electron chi connectivity index (χ4n) is 5.06. The third-order valence-corrected chi connectivity index (χ3v) is 7.91. The van der Waals surface area contributed by atoms with Crippen LogP contribution in [-0.2, 0) is 0 Å². The van der Waals surface area contributed by atoms with Crippen molar-refractivity contribution in [3.8, 4) is 5.69 Å². The zero-order chi connectivity index (χ0) is 29.8. The number of nitrogens with one attached hydrogen (secondary N) is 1. The Labute approximate surface area is 251 Å². The number of para-hydroxylation sites is 2. The zero-order valence-corrected chi connectivity index (χ0v) is 26.6. The average molecular weight is 619 g/mol. The normalized spacial score (nSPS) is 12.4. The number of aromatic nitrogens is 2. The van der Waals surface area contributed by atoms with Gasteiger partial charge in [0.1, 0.15) is 5.82 Å². The molecular formula is C33H40BrN5O2. The summed E-state index contributed by atoms with van der Waals surface area (Å²) >= 11 is 3.49. The second kappa shape index (κ2) is 13.0. The monoisotopic (exact) mass is 617 g/mol. The van der Waals surface area contributed by atoms with Crippen molar-refractivity contribution >= 4 is 38.6 Å². The van der Waals surface area contributed by atoms with Gasteiger partial charge in [0.15, 0.2) is 0 Å². The molecule has 1 atom stereocenters. The van der Waals surface area contributed by atoms with Crippen molar-refractivity contribution in [1.82, 2.24) is 19.4 Å². The summed E-state index contributed by atoms with van der Waals surface area (Å²) in [6.45, 7) is 11.6. The second-order valence-corrected chi connectivity index (χ2v) is 12.2. The van der Waals surface area contributed by atoms with E-state index in [1.165, 1.54) is 0 Å². The molecule has 1 aromatic heterocycles. The Hall–Kier alpha value is -3.49. The van der Waals surface area contributed by atoms with Crippen LogP contribution in [0.3, 0.4) is 0 Å². The van der Waals surface area contributed by atoms with Crippen molar-refractivity contribution in [3.05, 3.63) is 98.5 Å². The fraction of sp³-hybridized carbons (Fsp3) is 0.364. The quantitative estimate of drug-likeness (QED) is 0.210. The molecule has 2 amide bonds. The first-order chi connectivity index (χ1) is 19.5. The van der Waals surface area contributed by atoms with E-state index in [4.69, 9.17) is 4.98 Å². The van der Waals surface area contributed by atoms with Crippen LogP contribution in [-0.4, -0.2) is 52.6 Å². The van der Waals surface area contributed by atoms with E-state index in [1.807, 2.05) is 68.4 Å². The van der Waals surface area contributed by atoms with Crippen LogP contribution in [0.2, 0.25) is 0 Å². The number of benzene rings is 3. The van der Waals surface area contributed by atoms with Gasteiger partial charge in [0.05, 0.1) is 22.6 Å². The van der Waals surface area contributed by atoms with Gasteiger partial charge in [-0.1, -0.05) is 74.0 Å². The van der Waals surface area contributed by atoms with E-state index >= 15 is 0 Å². The number of likely N-dealkylation sites (N-methyl/N-ethyl adjacent to an activating group) is 1. The molecule has 1 heterocycles. The van der Waals surface area contributed by atoms with Crippen LogP contribution < -0.4 is 10.9 Å². The largest absolute Gasteiger partial charge is 0.322 e. The highest BCUT2D eigenvalue weighted by Crippen LogP contribution is 2.33. The Morgan fingerprint density at radius 2 is 1.49 bits per heavy atom. The summed E-state index contributed by atoms with van der Waals surface area (Å²) in [4.78, 5) is 36.9. The Balaban J connectivity index is 1.86. The number of anilines is 1. The van der Waals surface area contributed by atoms with Gasteiger partial charge in [-0.25, -0.2) is 9.78 Å². The van der Waals surface area contributed by atoms with Crippen LogP contribution in [0.4, 0.5) is 10.5 Å². The minimum absolute atomic E-state index is 0.167. The summed E-state index contributed by atoms with van der Waals surface area (Å²) in [5.74, 6) is 0.980. The maximum Gasteiger partial charge on any atom is 0.322 e. The van der Waals surface area contributed by atoms with Gasteiger partial charge in [-0.15, -0.1) is 0 Å². The molecule has 0 bridgehead atoms. The van der Waals surface area contributed by atoms with Crippen LogP contribution >= 0.6 is 15.9 Å². The minimum atomic E-state index is -0.510. The summed E-state index contributed by atoms with van der Waals surface area (Å²) in [7, 11) is 3.97. The van der Waals surface area contributed by atoms with E-state index in [2.05, 4.69) is 67.1 Å². The average Bonchev–Trinajstić information content (AvgIpc) is 2.93. The fourth-order valence-corrected chi connectivity index (χ4v) is 5.33. The summed E-state index contributed by atoms with van der Waals surface area (Å²) in [5, 5.41) is 3.81. The molecule has 0 aliphatic rings. The first-order valence-electron chi connectivity index (χ1n) is 14.1. The molecule has 1 unspecified atom stereocenters. The Morgan fingerprint density at radius 1 is 0.878 bits per heavy atom. The zero-order valence-electron chi connectivity index (χ0n) is 25.0. The number of hydrogen-bond donors (Lipinski definition) is 1. The second-order valence-electron chi connectivity index (χ2n) is 11.3. The molecule has 0 radical (unpaired) electrons. The molecule has 0 saturated heterocycles. The van der Waals surface area contributed by atoms with Crippen molar-refractivity contribution in [2.75, 3.05) is 32.5 Å². The lowest BCUT2D eigenvalue weighted by molar-refractivity contribution is 0.181. The Bertz CT molecular complexity index is 1550. The third-order valence-electron chi connectivity index (χ3n) is 7.38. The van der Waals surface area contributed by atoms with Gasteiger partial charge in [0, 0.05) is 23.2 Å². The molecule has 41 heavy (non-hydrogen) atoms. The summed E-state index contributed by atoms with van der Waals surface area (Å²) < 4.78 is 2.55. The molecule has 7 nitrogen and oxygen atoms in total. The van der Waals surface area contributed by atoms with Gasteiger partial charge >= 0.3 is 6.03 Å². The van der Waals surface area contributed by atoms with Gasteiger partial charge in [-0.05, 0) is 80.4 Å². The van der Waals surface area contributed by atoms with E-state index in [1.54, 1.807) is 15.5 Å². The van der Waals surface area contributed by atoms with Gasteiger partial charge in [-0.2, -0.15) is 0 Å². The molecule has 216 valence electrons. The first-order valence-corrected chi connectivity index (χ1v) is 14.9. The first kappa shape index (κ1) is 30.5. The van der Waals surface area contributed by atoms with Crippen LogP contribution in [0.1, 0.15) is 69.4 Å². The summed E-state index contributed by atoms with van der Waals surface area (Å²) in [6, 6.07) is 20.4. The lowest BCUT2D eigenvalue weighted by Gasteiger charge is -2.32. The van der Waals surface area contributed by atoms with Crippen LogP contribution in [0, 0.1) is 0 Å². The highest BCUT2D eigenvalue weighted by atomic mass is 79.9. The molecule has 1 N–H and O–H groups in total. The van der Waals surface area contributed by atoms with E-state index in [-0.39, 0.29) is 23.4 Å². The maximum absolute atomic E-state index is 14.2. The molecule has 3 aromatic carbocycles.